The lowest BCUT2D eigenvalue weighted by atomic mass is 10.0. The van der Waals surface area contributed by atoms with Crippen LogP contribution in [0.4, 0.5) is 17.6 Å². The van der Waals surface area contributed by atoms with Crippen molar-refractivity contribution in [3.8, 4) is 0 Å². The van der Waals surface area contributed by atoms with Gasteiger partial charge in [0.05, 0.1) is 31.7 Å². The molecule has 9 nitrogen and oxygen atoms in total. The molecule has 0 amide bonds. The molecule has 0 aliphatic carbocycles. The molecule has 5 aliphatic rings. The van der Waals surface area contributed by atoms with E-state index in [4.69, 9.17) is 0 Å². The Labute approximate surface area is 458 Å². The van der Waals surface area contributed by atoms with Crippen LogP contribution in [0, 0.1) is 48.5 Å². The quantitative estimate of drug-likeness (QED) is 0.107. The van der Waals surface area contributed by atoms with Gasteiger partial charge in [-0.05, 0) is 187 Å². The van der Waals surface area contributed by atoms with Crippen LogP contribution in [0.3, 0.4) is 0 Å². The number of para-hydroxylation sites is 1. The number of fused-ring (bicyclic) bond motifs is 6. The molecule has 6 heterocycles. The third-order valence-corrected chi connectivity index (χ3v) is 24.2. The van der Waals surface area contributed by atoms with E-state index in [2.05, 4.69) is 54.0 Å². The molecular formula is C60H65F4NO8S5. The molecule has 1 aromatic heterocycles. The molecule has 4 unspecified atom stereocenters. The van der Waals surface area contributed by atoms with E-state index in [1.807, 2.05) is 76.2 Å². The number of rotatable bonds is 0. The van der Waals surface area contributed by atoms with E-state index in [9.17, 15) is 51.2 Å². The summed E-state index contributed by atoms with van der Waals surface area (Å²) in [7, 11) is -14.5. The fourth-order valence-corrected chi connectivity index (χ4v) is 17.8. The van der Waals surface area contributed by atoms with E-state index in [0.29, 0.717) is 22.4 Å². The Hall–Kier alpha value is -5.66. The number of aryl methyl sites for hydroxylation is 10. The first-order valence-electron chi connectivity index (χ1n) is 25.1. The van der Waals surface area contributed by atoms with Crippen LogP contribution in [0.5, 0.6) is 0 Å². The maximum absolute atomic E-state index is 13.7. The van der Waals surface area contributed by atoms with Crippen LogP contribution >= 0.6 is 0 Å². The summed E-state index contributed by atoms with van der Waals surface area (Å²) in [5.74, 6) is 5.79. The number of hydrogen-bond donors (Lipinski definition) is 0. The standard InChI is InChI=1S/2C10H10F2O2S.C10H9N.C10H12O2S.2C10H12OS/c1-6-3-4-8-7(5-6)9(11)10(2,12)15(8,13)14;1-7-2-3-9-8(6-7)10(11,12)4-5-15(9,13)14;1-8-6-7-9-4-2-3-5-10(9)11-8;1-7-5-9-3-4-13(11,12)10(9)6-8(7)2;1-8-3-4-10-9(7-8)5-6-12(10,2)11;1-8-3-4-9-5-6-12(2,11)10(9)7-8/h3-5,9H,1-2H3;2-3,6H,4-5H2,1H3;2-7H,1H3;5-6H,3-4H2,1-2H3;2*3-4,7H,2,5-6H2,1H3. The summed E-state index contributed by atoms with van der Waals surface area (Å²) in [6.45, 7) is 14.2. The predicted octanol–water partition coefficient (Wildman–Crippen LogP) is 12.2. The number of pyridine rings is 1. The Bertz CT molecular complexity index is 4070. The second-order valence-electron chi connectivity index (χ2n) is 20.7. The lowest BCUT2D eigenvalue weighted by molar-refractivity contribution is -0.0127. The van der Waals surface area contributed by atoms with Crippen LogP contribution in [0.15, 0.2) is 146 Å². The van der Waals surface area contributed by atoms with Crippen LogP contribution in [-0.4, -0.2) is 78.4 Å². The smallest absolute Gasteiger partial charge is 0.263 e. The zero-order valence-corrected chi connectivity index (χ0v) is 49.0. The van der Waals surface area contributed by atoms with Crippen LogP contribution in [0.25, 0.3) is 10.9 Å². The summed E-state index contributed by atoms with van der Waals surface area (Å²) in [5, 5.41) is -1.64. The number of sulfone groups is 3. The van der Waals surface area contributed by atoms with Crippen LogP contribution in [0.1, 0.15) is 86.4 Å². The number of hydrogen-bond acceptors (Lipinski definition) is 9. The van der Waals surface area contributed by atoms with E-state index in [-0.39, 0.29) is 26.7 Å². The van der Waals surface area contributed by atoms with Gasteiger partial charge in [-0.15, -0.1) is 0 Å². The van der Waals surface area contributed by atoms with Crippen molar-refractivity contribution < 1.29 is 51.2 Å². The first-order chi connectivity index (χ1) is 36.2. The molecule has 0 saturated heterocycles. The lowest BCUT2D eigenvalue weighted by Crippen LogP contribution is -2.28. The molecule has 0 saturated carbocycles. The molecule has 416 valence electrons. The van der Waals surface area contributed by atoms with Gasteiger partial charge in [-0.2, -0.15) is 0 Å². The number of alkyl halides is 4. The molecule has 0 N–H and O–H groups in total. The average Bonchev–Trinajstić information content (AvgIpc) is 4.16. The molecule has 5 aliphatic heterocycles. The van der Waals surface area contributed by atoms with Crippen molar-refractivity contribution in [3.63, 3.8) is 0 Å². The fourth-order valence-electron chi connectivity index (χ4n) is 9.55. The van der Waals surface area contributed by atoms with Gasteiger partial charge in [-0.25, -0.2) is 42.8 Å². The Morgan fingerprint density at radius 1 is 0.500 bits per heavy atom. The molecule has 18 heteroatoms. The van der Waals surface area contributed by atoms with Crippen molar-refractivity contribution in [1.29, 1.82) is 0 Å². The summed E-state index contributed by atoms with van der Waals surface area (Å²) in [6.07, 6.45) is -0.181. The Morgan fingerprint density at radius 3 is 1.69 bits per heavy atom. The highest BCUT2D eigenvalue weighted by atomic mass is 32.2. The minimum atomic E-state index is -4.19. The van der Waals surface area contributed by atoms with Crippen LogP contribution in [-0.2, 0) is 73.7 Å². The van der Waals surface area contributed by atoms with E-state index in [1.165, 1.54) is 69.6 Å². The number of aromatic nitrogens is 1. The number of nitrogens with zero attached hydrogens (tertiary/aromatic N) is 1. The predicted molar refractivity (Wildman–Crippen MR) is 308 cm³/mol. The van der Waals surface area contributed by atoms with E-state index in [1.54, 1.807) is 19.9 Å². The van der Waals surface area contributed by atoms with Gasteiger partial charge in [0.25, 0.3) is 5.92 Å². The van der Waals surface area contributed by atoms with E-state index in [0.717, 1.165) is 63.4 Å². The lowest BCUT2D eigenvalue weighted by Gasteiger charge is -2.25. The number of benzene rings is 6. The summed E-state index contributed by atoms with van der Waals surface area (Å²) < 4.78 is 147. The van der Waals surface area contributed by atoms with Gasteiger partial charge in [-0.1, -0.05) is 89.5 Å². The van der Waals surface area contributed by atoms with Crippen molar-refractivity contribution in [2.24, 2.45) is 0 Å². The highest BCUT2D eigenvalue weighted by Gasteiger charge is 2.56. The molecule has 6 aromatic carbocycles. The van der Waals surface area contributed by atoms with Gasteiger partial charge in [0.15, 0.2) is 25.8 Å². The summed E-state index contributed by atoms with van der Waals surface area (Å²) >= 11 is 0. The van der Waals surface area contributed by atoms with E-state index < -0.39 is 77.8 Å². The molecule has 7 aromatic rings. The fraction of sp³-hybridized carbons (Fsp3) is 0.317. The van der Waals surface area contributed by atoms with Crippen molar-refractivity contribution >= 4 is 71.2 Å². The topological polar surface area (TPSA) is 149 Å². The zero-order valence-electron chi connectivity index (χ0n) is 45.0. The van der Waals surface area contributed by atoms with Crippen LogP contribution < -0.4 is 0 Å². The van der Waals surface area contributed by atoms with Gasteiger partial charge >= 0.3 is 0 Å². The molecule has 0 fully saturated rings. The summed E-state index contributed by atoms with van der Waals surface area (Å²) in [5.41, 5.74) is 11.2. The van der Waals surface area contributed by atoms with Gasteiger partial charge in [0.2, 0.25) is 14.8 Å². The first-order valence-corrected chi connectivity index (χ1v) is 33.7. The van der Waals surface area contributed by atoms with Crippen molar-refractivity contribution in [1.82, 2.24) is 4.98 Å². The normalized spacial score (nSPS) is 23.4. The largest absolute Gasteiger partial charge is 0.275 e. The van der Waals surface area contributed by atoms with Crippen molar-refractivity contribution in [3.05, 3.63) is 188 Å². The average molecular weight is 1160 g/mol. The van der Waals surface area contributed by atoms with Crippen molar-refractivity contribution in [2.75, 3.05) is 23.0 Å². The molecule has 0 bridgehead atoms. The molecular weight excluding hydrogens is 1100 g/mol. The SMILES string of the molecule is C=S1(=O)CCc2cc(C)ccc21.C=S1(=O)CCc2ccc(C)cc21.Cc1cc2c(cc1C)S(=O)(=O)CC2.Cc1ccc2c(c1)C(F)(F)CCS2(=O)=O.Cc1ccc2c(c1)C(F)C(C)(F)S2(=O)=O.Cc1ccc2ccccc2n1. The van der Waals surface area contributed by atoms with Gasteiger partial charge in [-0.3, -0.25) is 13.4 Å². The molecule has 78 heavy (non-hydrogen) atoms. The third kappa shape index (κ3) is 12.8. The Kier molecular flexibility index (Phi) is 17.3. The molecule has 12 rings (SSSR count). The van der Waals surface area contributed by atoms with Gasteiger partial charge < -0.3 is 0 Å². The molecule has 4 atom stereocenters. The summed E-state index contributed by atoms with van der Waals surface area (Å²) in [6, 6.07) is 36.5. The van der Waals surface area contributed by atoms with Crippen molar-refractivity contribution in [2.45, 2.75) is 123 Å². The number of halogens is 4. The zero-order chi connectivity index (χ0) is 57.6. The Balaban J connectivity index is 0.000000136. The first kappa shape index (κ1) is 60.0. The molecule has 0 radical (unpaired) electrons. The molecule has 0 spiro atoms. The van der Waals surface area contributed by atoms with Gasteiger partial charge in [0.1, 0.15) is 0 Å². The Morgan fingerprint density at radius 2 is 1.01 bits per heavy atom. The second kappa shape index (κ2) is 22.5. The minimum absolute atomic E-state index is 0.0694. The van der Waals surface area contributed by atoms with Gasteiger partial charge in [0, 0.05) is 49.9 Å². The monoisotopic (exact) mass is 1160 g/mol. The highest BCUT2D eigenvalue weighted by Crippen LogP contribution is 2.50. The maximum Gasteiger partial charge on any atom is 0.275 e. The van der Waals surface area contributed by atoms with Crippen LogP contribution in [0.2, 0.25) is 0 Å². The maximum atomic E-state index is 13.7. The summed E-state index contributed by atoms with van der Waals surface area (Å²) in [4.78, 5) is 6.45. The van der Waals surface area contributed by atoms with E-state index >= 15 is 0 Å². The third-order valence-electron chi connectivity index (χ3n) is 14.3. The highest BCUT2D eigenvalue weighted by molar-refractivity contribution is 8.01. The second-order valence-corrected chi connectivity index (χ2v) is 32.0. The minimum Gasteiger partial charge on any atom is -0.263 e.